The van der Waals surface area contributed by atoms with E-state index in [1.165, 1.54) is 0 Å². The van der Waals surface area contributed by atoms with Gasteiger partial charge in [-0.1, -0.05) is 0 Å². The summed E-state index contributed by atoms with van der Waals surface area (Å²) in [7, 11) is 0. The minimum Gasteiger partial charge on any atom is -0.396 e. The van der Waals surface area contributed by atoms with Crippen molar-refractivity contribution in [2.45, 2.75) is 6.42 Å². The monoisotopic (exact) mass is 176 g/mol. The molecule has 0 saturated carbocycles. The van der Waals surface area contributed by atoms with Crippen LogP contribution in [0.25, 0.3) is 0 Å². The van der Waals surface area contributed by atoms with Crippen LogP contribution >= 0.6 is 11.6 Å². The average molecular weight is 177 g/mol. The van der Waals surface area contributed by atoms with E-state index in [0.717, 1.165) is 6.20 Å². The molecule has 1 aromatic rings. The lowest BCUT2D eigenvalue weighted by molar-refractivity contribution is 0.296. The van der Waals surface area contributed by atoms with Crippen LogP contribution in [0.5, 0.6) is 0 Å². The molecule has 0 spiro atoms. The summed E-state index contributed by atoms with van der Waals surface area (Å²) in [5.41, 5.74) is 0.146. The van der Waals surface area contributed by atoms with Gasteiger partial charge in [0.05, 0.1) is 11.9 Å². The van der Waals surface area contributed by atoms with Gasteiger partial charge in [-0.05, 0) is 11.6 Å². The summed E-state index contributed by atoms with van der Waals surface area (Å²) in [4.78, 5) is 7.00. The third-order valence-corrected chi connectivity index (χ3v) is 1.32. The number of aliphatic hydroxyl groups is 1. The van der Waals surface area contributed by atoms with E-state index < -0.39 is 5.82 Å². The summed E-state index contributed by atoms with van der Waals surface area (Å²) in [5.74, 6) is -0.538. The zero-order valence-corrected chi connectivity index (χ0v) is 6.35. The van der Waals surface area contributed by atoms with Crippen molar-refractivity contribution in [2.75, 3.05) is 6.61 Å². The van der Waals surface area contributed by atoms with Crippen molar-refractivity contribution >= 4 is 11.6 Å². The Morgan fingerprint density at radius 2 is 2.36 bits per heavy atom. The summed E-state index contributed by atoms with van der Waals surface area (Å²) < 4.78 is 12.7. The zero-order valence-electron chi connectivity index (χ0n) is 5.59. The van der Waals surface area contributed by atoms with E-state index in [1.807, 2.05) is 0 Å². The first-order valence-corrected chi connectivity index (χ1v) is 3.39. The molecule has 0 aromatic carbocycles. The minimum atomic E-state index is -0.538. The van der Waals surface area contributed by atoms with Crippen LogP contribution in [0.4, 0.5) is 4.39 Å². The number of hydrogen-bond donors (Lipinski definition) is 1. The molecule has 3 nitrogen and oxygen atoms in total. The van der Waals surface area contributed by atoms with Crippen molar-refractivity contribution in [1.82, 2.24) is 9.97 Å². The summed E-state index contributed by atoms with van der Waals surface area (Å²) in [6.45, 7) is -0.149. The van der Waals surface area contributed by atoms with E-state index in [4.69, 9.17) is 16.7 Å². The van der Waals surface area contributed by atoms with Gasteiger partial charge in [0.1, 0.15) is 0 Å². The van der Waals surface area contributed by atoms with Gasteiger partial charge >= 0.3 is 0 Å². The minimum absolute atomic E-state index is 0.00477. The van der Waals surface area contributed by atoms with Gasteiger partial charge in [-0.2, -0.15) is 0 Å². The lowest BCUT2D eigenvalue weighted by Gasteiger charge is -1.97. The molecule has 11 heavy (non-hydrogen) atoms. The van der Waals surface area contributed by atoms with Gasteiger partial charge in [0.15, 0.2) is 5.82 Å². The fourth-order valence-electron chi connectivity index (χ4n) is 0.659. The highest BCUT2D eigenvalue weighted by molar-refractivity contribution is 6.28. The van der Waals surface area contributed by atoms with Crippen LogP contribution in [0, 0.1) is 5.82 Å². The van der Waals surface area contributed by atoms with Crippen molar-refractivity contribution in [1.29, 1.82) is 0 Å². The van der Waals surface area contributed by atoms with E-state index in [0.29, 0.717) is 0 Å². The fraction of sp³-hybridized carbons (Fsp3) is 0.333. The van der Waals surface area contributed by atoms with Gasteiger partial charge in [0.2, 0.25) is 5.28 Å². The molecule has 0 radical (unpaired) electrons. The van der Waals surface area contributed by atoms with Crippen LogP contribution in [0.2, 0.25) is 5.28 Å². The van der Waals surface area contributed by atoms with E-state index in [-0.39, 0.29) is 24.0 Å². The van der Waals surface area contributed by atoms with Gasteiger partial charge in [0, 0.05) is 13.0 Å². The molecule has 1 N–H and O–H groups in total. The second-order valence-corrected chi connectivity index (χ2v) is 2.25. The van der Waals surface area contributed by atoms with Gasteiger partial charge in [-0.25, -0.2) is 14.4 Å². The molecular weight excluding hydrogens is 171 g/mol. The van der Waals surface area contributed by atoms with E-state index in [9.17, 15) is 4.39 Å². The van der Waals surface area contributed by atoms with E-state index in [2.05, 4.69) is 9.97 Å². The van der Waals surface area contributed by atoms with Gasteiger partial charge in [-0.3, -0.25) is 0 Å². The fourth-order valence-corrected chi connectivity index (χ4v) is 0.810. The average Bonchev–Trinajstić information content (AvgIpc) is 1.98. The highest BCUT2D eigenvalue weighted by Crippen LogP contribution is 2.06. The van der Waals surface area contributed by atoms with Crippen molar-refractivity contribution < 1.29 is 9.50 Å². The second kappa shape index (κ2) is 3.59. The van der Waals surface area contributed by atoms with Crippen LogP contribution in [-0.2, 0) is 6.42 Å². The maximum Gasteiger partial charge on any atom is 0.222 e. The summed E-state index contributed by atoms with van der Waals surface area (Å²) in [5, 5.41) is 8.46. The lowest BCUT2D eigenvalue weighted by atomic mass is 10.3. The van der Waals surface area contributed by atoms with Crippen molar-refractivity contribution in [2.24, 2.45) is 0 Å². The third-order valence-electron chi connectivity index (χ3n) is 1.14. The second-order valence-electron chi connectivity index (χ2n) is 1.91. The standard InChI is InChI=1S/C6H6ClFN2O/c7-6-9-3-4(8)5(10-6)1-2-11/h3,11H,1-2H2. The smallest absolute Gasteiger partial charge is 0.222 e. The quantitative estimate of drug-likeness (QED) is 0.679. The topological polar surface area (TPSA) is 46.0 Å². The SMILES string of the molecule is OCCc1nc(Cl)ncc1F. The highest BCUT2D eigenvalue weighted by Gasteiger charge is 2.03. The summed E-state index contributed by atoms with van der Waals surface area (Å²) in [6, 6.07) is 0. The van der Waals surface area contributed by atoms with Gasteiger partial charge in [-0.15, -0.1) is 0 Å². The molecule has 0 saturated heterocycles. The Labute approximate surface area is 67.9 Å². The van der Waals surface area contributed by atoms with Crippen LogP contribution < -0.4 is 0 Å². The van der Waals surface area contributed by atoms with Gasteiger partial charge in [0.25, 0.3) is 0 Å². The Bertz CT molecular complexity index is 256. The highest BCUT2D eigenvalue weighted by atomic mass is 35.5. The molecule has 0 aliphatic carbocycles. The normalized spacial score (nSPS) is 10.1. The largest absolute Gasteiger partial charge is 0.396 e. The van der Waals surface area contributed by atoms with Crippen molar-refractivity contribution in [3.05, 3.63) is 23.0 Å². The molecule has 1 heterocycles. The molecule has 0 aliphatic heterocycles. The lowest BCUT2D eigenvalue weighted by Crippen LogP contribution is -2.00. The Morgan fingerprint density at radius 3 is 3.00 bits per heavy atom. The van der Waals surface area contributed by atoms with E-state index in [1.54, 1.807) is 0 Å². The molecule has 1 rings (SSSR count). The Hall–Kier alpha value is -0.740. The molecule has 1 aromatic heterocycles. The molecule has 5 heteroatoms. The summed E-state index contributed by atoms with van der Waals surface area (Å²) >= 11 is 5.38. The third kappa shape index (κ3) is 2.10. The molecular formula is C6H6ClFN2O. The molecule has 0 aliphatic rings. The Balaban J connectivity index is 2.93. The van der Waals surface area contributed by atoms with Crippen LogP contribution in [0.1, 0.15) is 5.69 Å². The maximum absolute atomic E-state index is 12.7. The number of hydrogen-bond acceptors (Lipinski definition) is 3. The summed E-state index contributed by atoms with van der Waals surface area (Å²) in [6.07, 6.45) is 1.15. The molecule has 0 atom stereocenters. The Kier molecular flexibility index (Phi) is 2.73. The molecule has 0 amide bonds. The van der Waals surface area contributed by atoms with Crippen LogP contribution in [0.15, 0.2) is 6.20 Å². The first-order chi connectivity index (χ1) is 5.24. The molecule has 60 valence electrons. The van der Waals surface area contributed by atoms with E-state index >= 15 is 0 Å². The maximum atomic E-state index is 12.7. The Morgan fingerprint density at radius 1 is 1.64 bits per heavy atom. The zero-order chi connectivity index (χ0) is 8.27. The molecule has 0 bridgehead atoms. The van der Waals surface area contributed by atoms with Gasteiger partial charge < -0.3 is 5.11 Å². The number of aliphatic hydroxyl groups excluding tert-OH is 1. The van der Waals surface area contributed by atoms with Crippen LogP contribution in [0.3, 0.4) is 0 Å². The number of rotatable bonds is 2. The predicted octanol–water partition coefficient (Wildman–Crippen LogP) is 0.804. The molecule has 0 unspecified atom stereocenters. The number of aromatic nitrogens is 2. The van der Waals surface area contributed by atoms with Crippen LogP contribution in [-0.4, -0.2) is 21.7 Å². The van der Waals surface area contributed by atoms with Crippen molar-refractivity contribution in [3.8, 4) is 0 Å². The molecule has 0 fully saturated rings. The van der Waals surface area contributed by atoms with Crippen molar-refractivity contribution in [3.63, 3.8) is 0 Å². The number of nitrogens with zero attached hydrogens (tertiary/aromatic N) is 2. The first kappa shape index (κ1) is 8.36. The first-order valence-electron chi connectivity index (χ1n) is 3.02. The predicted molar refractivity (Wildman–Crippen MR) is 37.8 cm³/mol. The number of halogens is 2.